The van der Waals surface area contributed by atoms with Gasteiger partial charge in [0.2, 0.25) is 0 Å². The van der Waals surface area contributed by atoms with Gasteiger partial charge in [-0.3, -0.25) is 5.32 Å². The lowest BCUT2D eigenvalue weighted by atomic mass is 9.81. The Morgan fingerprint density at radius 1 is 1.44 bits per heavy atom. The van der Waals surface area contributed by atoms with Gasteiger partial charge in [0.25, 0.3) is 0 Å². The third-order valence-corrected chi connectivity index (χ3v) is 3.70. The van der Waals surface area contributed by atoms with Gasteiger partial charge in [-0.25, -0.2) is 0 Å². The first-order valence-corrected chi connectivity index (χ1v) is 6.56. The van der Waals surface area contributed by atoms with E-state index in [-0.39, 0.29) is 5.54 Å². The maximum absolute atomic E-state index is 9.31. The summed E-state index contributed by atoms with van der Waals surface area (Å²) >= 11 is 0. The van der Waals surface area contributed by atoms with Crippen LogP contribution >= 0.6 is 0 Å². The number of hydrogen-bond donors (Lipinski definition) is 1. The van der Waals surface area contributed by atoms with E-state index in [0.29, 0.717) is 6.10 Å². The van der Waals surface area contributed by atoms with E-state index in [1.807, 2.05) is 0 Å². The van der Waals surface area contributed by atoms with Crippen molar-refractivity contribution in [3.05, 3.63) is 0 Å². The fourth-order valence-corrected chi connectivity index (χ4v) is 2.56. The first-order valence-electron chi connectivity index (χ1n) is 6.56. The van der Waals surface area contributed by atoms with Crippen LogP contribution in [0.4, 0.5) is 0 Å². The summed E-state index contributed by atoms with van der Waals surface area (Å²) in [4.78, 5) is 0. The second-order valence-corrected chi connectivity index (χ2v) is 5.22. The zero-order chi connectivity index (χ0) is 11.4. The minimum atomic E-state index is -0.318. The Labute approximate surface area is 98.2 Å². The lowest BCUT2D eigenvalue weighted by molar-refractivity contribution is 0.00403. The largest absolute Gasteiger partial charge is 0.378 e. The van der Waals surface area contributed by atoms with E-state index in [0.717, 1.165) is 44.8 Å². The number of nitriles is 1. The lowest BCUT2D eigenvalue weighted by Gasteiger charge is -2.36. The molecule has 0 aromatic carbocycles. The van der Waals surface area contributed by atoms with Crippen LogP contribution in [-0.2, 0) is 4.74 Å². The summed E-state index contributed by atoms with van der Waals surface area (Å²) in [7, 11) is 0. The Morgan fingerprint density at radius 2 is 2.25 bits per heavy atom. The Morgan fingerprint density at radius 3 is 2.88 bits per heavy atom. The molecule has 0 heterocycles. The fraction of sp³-hybridized carbons (Fsp3) is 0.923. The molecule has 2 aliphatic carbocycles. The average Bonchev–Trinajstić information content (AvgIpc) is 3.11. The molecule has 0 radical (unpaired) electrons. The lowest BCUT2D eigenvalue weighted by Crippen LogP contribution is -2.49. The molecule has 2 rings (SSSR count). The van der Waals surface area contributed by atoms with Gasteiger partial charge in [-0.05, 0) is 44.6 Å². The van der Waals surface area contributed by atoms with Crippen LogP contribution in [0.5, 0.6) is 0 Å². The van der Waals surface area contributed by atoms with Crippen molar-refractivity contribution >= 4 is 0 Å². The zero-order valence-corrected chi connectivity index (χ0v) is 10.2. The van der Waals surface area contributed by atoms with Gasteiger partial charge in [0, 0.05) is 13.0 Å². The average molecular weight is 222 g/mol. The third-order valence-electron chi connectivity index (χ3n) is 3.70. The molecule has 3 heteroatoms. The van der Waals surface area contributed by atoms with Gasteiger partial charge in [-0.2, -0.15) is 5.26 Å². The molecule has 2 saturated carbocycles. The summed E-state index contributed by atoms with van der Waals surface area (Å²) < 4.78 is 5.92. The normalized spacial score (nSPS) is 34.6. The summed E-state index contributed by atoms with van der Waals surface area (Å²) in [6, 6.07) is 2.46. The molecule has 0 aromatic heterocycles. The highest BCUT2D eigenvalue weighted by molar-refractivity contribution is 5.10. The van der Waals surface area contributed by atoms with Gasteiger partial charge in [-0.1, -0.05) is 6.92 Å². The zero-order valence-electron chi connectivity index (χ0n) is 10.2. The first-order chi connectivity index (χ1) is 7.78. The Hall–Kier alpha value is -0.590. The highest BCUT2D eigenvalue weighted by Crippen LogP contribution is 2.33. The molecule has 2 fully saturated rings. The standard InChI is InChI=1S/C13H22N2O/c1-2-15-13(10-14)7-3-4-12(8-13)16-9-11-5-6-11/h11-12,15H,2-9H2,1H3. The Bertz CT molecular complexity index is 266. The van der Waals surface area contributed by atoms with Crippen LogP contribution in [0.2, 0.25) is 0 Å². The number of hydrogen-bond acceptors (Lipinski definition) is 3. The van der Waals surface area contributed by atoms with Crippen molar-refractivity contribution in [2.45, 2.75) is 57.1 Å². The van der Waals surface area contributed by atoms with Gasteiger partial charge in [-0.15, -0.1) is 0 Å². The molecule has 0 saturated heterocycles. The predicted octanol–water partition coefficient (Wildman–Crippen LogP) is 2.23. The van der Waals surface area contributed by atoms with Gasteiger partial charge in [0.15, 0.2) is 0 Å². The molecule has 0 spiro atoms. The molecule has 2 atom stereocenters. The third kappa shape index (κ3) is 2.96. The second kappa shape index (κ2) is 5.16. The minimum Gasteiger partial charge on any atom is -0.378 e. The van der Waals surface area contributed by atoms with Gasteiger partial charge in [0.05, 0.1) is 12.2 Å². The van der Waals surface area contributed by atoms with Crippen LogP contribution in [0.15, 0.2) is 0 Å². The molecule has 0 amide bonds. The predicted molar refractivity (Wildman–Crippen MR) is 63.0 cm³/mol. The Kier molecular flexibility index (Phi) is 3.83. The van der Waals surface area contributed by atoms with Crippen LogP contribution in [-0.4, -0.2) is 24.8 Å². The van der Waals surface area contributed by atoms with Crippen LogP contribution in [0.1, 0.15) is 45.4 Å². The van der Waals surface area contributed by atoms with Gasteiger partial charge >= 0.3 is 0 Å². The van der Waals surface area contributed by atoms with E-state index < -0.39 is 0 Å². The van der Waals surface area contributed by atoms with E-state index in [1.165, 1.54) is 12.8 Å². The van der Waals surface area contributed by atoms with Crippen molar-refractivity contribution in [3.8, 4) is 6.07 Å². The molecule has 0 aromatic rings. The van der Waals surface area contributed by atoms with Crippen molar-refractivity contribution in [2.24, 2.45) is 5.92 Å². The Balaban J connectivity index is 1.83. The summed E-state index contributed by atoms with van der Waals surface area (Å²) in [6.45, 7) is 3.84. The smallest absolute Gasteiger partial charge is 0.109 e. The number of nitrogens with one attached hydrogen (secondary N) is 1. The summed E-state index contributed by atoms with van der Waals surface area (Å²) in [5.74, 6) is 0.817. The number of rotatable bonds is 5. The van der Waals surface area contributed by atoms with Crippen molar-refractivity contribution in [2.75, 3.05) is 13.2 Å². The highest BCUT2D eigenvalue weighted by atomic mass is 16.5. The molecule has 2 aliphatic rings. The quantitative estimate of drug-likeness (QED) is 0.776. The molecule has 0 bridgehead atoms. The van der Waals surface area contributed by atoms with E-state index in [4.69, 9.17) is 4.74 Å². The van der Waals surface area contributed by atoms with Crippen molar-refractivity contribution in [1.82, 2.24) is 5.32 Å². The minimum absolute atomic E-state index is 0.299. The second-order valence-electron chi connectivity index (χ2n) is 5.22. The van der Waals surface area contributed by atoms with E-state index in [1.54, 1.807) is 0 Å². The van der Waals surface area contributed by atoms with Crippen LogP contribution in [0.3, 0.4) is 0 Å². The summed E-state index contributed by atoms with van der Waals surface area (Å²) in [6.07, 6.45) is 7.04. The van der Waals surface area contributed by atoms with Crippen LogP contribution in [0.25, 0.3) is 0 Å². The molecule has 3 nitrogen and oxygen atoms in total. The van der Waals surface area contributed by atoms with Crippen LogP contribution in [0, 0.1) is 17.2 Å². The molecular formula is C13H22N2O. The monoisotopic (exact) mass is 222 g/mol. The summed E-state index contributed by atoms with van der Waals surface area (Å²) in [5, 5.41) is 12.7. The molecule has 1 N–H and O–H groups in total. The number of ether oxygens (including phenoxy) is 1. The van der Waals surface area contributed by atoms with Gasteiger partial charge in [0.1, 0.15) is 5.54 Å². The van der Waals surface area contributed by atoms with E-state index >= 15 is 0 Å². The van der Waals surface area contributed by atoms with Crippen molar-refractivity contribution in [1.29, 1.82) is 5.26 Å². The maximum Gasteiger partial charge on any atom is 0.109 e. The topological polar surface area (TPSA) is 45.0 Å². The highest BCUT2D eigenvalue weighted by Gasteiger charge is 2.36. The molecule has 90 valence electrons. The molecule has 16 heavy (non-hydrogen) atoms. The van der Waals surface area contributed by atoms with E-state index in [9.17, 15) is 5.26 Å². The number of nitrogens with zero attached hydrogens (tertiary/aromatic N) is 1. The van der Waals surface area contributed by atoms with Crippen molar-refractivity contribution in [3.63, 3.8) is 0 Å². The van der Waals surface area contributed by atoms with Crippen LogP contribution < -0.4 is 5.32 Å². The first kappa shape index (κ1) is 11.9. The van der Waals surface area contributed by atoms with Crippen molar-refractivity contribution < 1.29 is 4.74 Å². The molecule has 2 unspecified atom stereocenters. The summed E-state index contributed by atoms with van der Waals surface area (Å²) in [5.41, 5.74) is -0.318. The van der Waals surface area contributed by atoms with Gasteiger partial charge < -0.3 is 4.74 Å². The molecular weight excluding hydrogens is 200 g/mol. The fourth-order valence-electron chi connectivity index (χ4n) is 2.56. The maximum atomic E-state index is 9.31. The SMILES string of the molecule is CCNC1(C#N)CCCC(OCC2CC2)C1. The van der Waals surface area contributed by atoms with E-state index in [2.05, 4.69) is 18.3 Å². The molecule has 0 aliphatic heterocycles.